The molecule has 10 nitrogen and oxygen atoms in total. The summed E-state index contributed by atoms with van der Waals surface area (Å²) < 4.78 is 17.6. The van der Waals surface area contributed by atoms with Crippen molar-refractivity contribution < 1.29 is 28.9 Å². The first-order valence-corrected chi connectivity index (χ1v) is 15.5. The molecule has 2 unspecified atom stereocenters. The van der Waals surface area contributed by atoms with Gasteiger partial charge in [-0.3, -0.25) is 19.9 Å². The molecule has 5 aliphatic heterocycles. The molecule has 2 saturated carbocycles. The lowest BCUT2D eigenvalue weighted by molar-refractivity contribution is -0.135. The lowest BCUT2D eigenvalue weighted by atomic mass is 9.81. The first-order valence-electron chi connectivity index (χ1n) is 15.5. The highest BCUT2D eigenvalue weighted by Gasteiger charge is 2.72. The molecule has 2 aliphatic carbocycles. The highest BCUT2D eigenvalue weighted by Crippen LogP contribution is 2.62. The van der Waals surface area contributed by atoms with Crippen LogP contribution < -0.4 is 20.1 Å². The van der Waals surface area contributed by atoms with E-state index in [4.69, 9.17) is 19.6 Å². The van der Waals surface area contributed by atoms with E-state index in [0.717, 1.165) is 31.2 Å². The maximum Gasteiger partial charge on any atom is 0.252 e. The molecule has 10 heteroatoms. The quantitative estimate of drug-likeness (QED) is 0.434. The standard InChI is InChI=1S/C33H38N4O6/c1-3-31-9-8-19-10-22(19)18-4-7-26-24(12-18)33(16-32(33,40)17-43-26)35-29(39)20-5-6-25-23(11-20)28(21(14-41-2)15-42-25)37(27(38)13-31)30(34)36-31/h4-7,11-12,19,21-22,28,40H,3,8-10,13-17H2,1-2H3,(H2,34,36)(H,35,39)/t19?,21-,22?,28-,31-,32-,33+/m1/s1. The van der Waals surface area contributed by atoms with Gasteiger partial charge in [-0.15, -0.1) is 0 Å². The molecule has 0 radical (unpaired) electrons. The zero-order valence-electron chi connectivity index (χ0n) is 24.6. The van der Waals surface area contributed by atoms with Crippen molar-refractivity contribution in [3.63, 3.8) is 0 Å². The Labute approximate surface area is 250 Å². The minimum atomic E-state index is -1.17. The SMILES string of the molecule is CC[C@]12CCC3CC3c3ccc4c(c3)[C@]3(C[C@@]3(O)CO4)NC(=O)c3ccc4c(c3)[C@@H]([C@H](COC)CO4)N(C(=N)N1)C(=O)C2. The number of hydrogen-bond donors (Lipinski definition) is 4. The number of methoxy groups -OCH3 is 1. The molecule has 2 amide bonds. The van der Waals surface area contributed by atoms with Crippen LogP contribution in [0.1, 0.15) is 84.5 Å². The molecular formula is C33H38N4O6. The summed E-state index contributed by atoms with van der Waals surface area (Å²) >= 11 is 0. The molecule has 2 aromatic carbocycles. The number of hydrogen-bond acceptors (Lipinski definition) is 7. The molecular weight excluding hydrogens is 548 g/mol. The van der Waals surface area contributed by atoms with Gasteiger partial charge in [0.25, 0.3) is 5.91 Å². The molecule has 7 aliphatic rings. The predicted octanol–water partition coefficient (Wildman–Crippen LogP) is 3.34. The van der Waals surface area contributed by atoms with E-state index in [-0.39, 0.29) is 30.3 Å². The van der Waals surface area contributed by atoms with Crippen LogP contribution in [0.15, 0.2) is 36.4 Å². The average Bonchev–Trinajstić information content (AvgIpc) is 3.90. The smallest absolute Gasteiger partial charge is 0.252 e. The number of nitrogens with zero attached hydrogens (tertiary/aromatic N) is 1. The van der Waals surface area contributed by atoms with Gasteiger partial charge in [-0.25, -0.2) is 0 Å². The number of rotatable bonds is 3. The largest absolute Gasteiger partial charge is 0.493 e. The van der Waals surface area contributed by atoms with Gasteiger partial charge in [0, 0.05) is 41.7 Å². The zero-order valence-corrected chi connectivity index (χ0v) is 24.6. The Balaban J connectivity index is 1.25. The number of guanidine groups is 1. The summed E-state index contributed by atoms with van der Waals surface area (Å²) in [6, 6.07) is 10.9. The fourth-order valence-electron chi connectivity index (χ4n) is 8.27. The van der Waals surface area contributed by atoms with E-state index in [9.17, 15) is 14.7 Å². The number of benzene rings is 2. The van der Waals surface area contributed by atoms with Gasteiger partial charge in [-0.2, -0.15) is 0 Å². The molecule has 5 heterocycles. The molecule has 43 heavy (non-hydrogen) atoms. The summed E-state index contributed by atoms with van der Waals surface area (Å²) in [7, 11) is 1.61. The maximum absolute atomic E-state index is 14.0. The summed E-state index contributed by atoms with van der Waals surface area (Å²) in [6.07, 6.45) is 4.22. The van der Waals surface area contributed by atoms with E-state index in [1.54, 1.807) is 30.2 Å². The van der Waals surface area contributed by atoms with E-state index in [0.29, 0.717) is 60.5 Å². The lowest BCUT2D eigenvalue weighted by Crippen LogP contribution is -2.64. The Morgan fingerprint density at radius 3 is 2.77 bits per heavy atom. The fraction of sp³-hybridized carbons (Fsp3) is 0.545. The minimum Gasteiger partial charge on any atom is -0.493 e. The molecule has 4 N–H and O–H groups in total. The highest BCUT2D eigenvalue weighted by atomic mass is 16.5. The van der Waals surface area contributed by atoms with Crippen LogP contribution in [0.2, 0.25) is 0 Å². The minimum absolute atomic E-state index is 0.0877. The van der Waals surface area contributed by atoms with Crippen molar-refractivity contribution in [2.75, 3.05) is 26.9 Å². The van der Waals surface area contributed by atoms with Crippen LogP contribution in [-0.4, -0.2) is 65.9 Å². The van der Waals surface area contributed by atoms with Crippen molar-refractivity contribution in [3.05, 3.63) is 58.7 Å². The Bertz CT molecular complexity index is 1540. The Morgan fingerprint density at radius 1 is 1.14 bits per heavy atom. The van der Waals surface area contributed by atoms with E-state index >= 15 is 0 Å². The molecule has 9 rings (SSSR count). The van der Waals surface area contributed by atoms with Crippen LogP contribution in [0.4, 0.5) is 0 Å². The van der Waals surface area contributed by atoms with Gasteiger partial charge in [-0.1, -0.05) is 13.0 Å². The van der Waals surface area contributed by atoms with Crippen LogP contribution >= 0.6 is 0 Å². The Hall–Kier alpha value is -3.63. The predicted molar refractivity (Wildman–Crippen MR) is 156 cm³/mol. The number of ether oxygens (including phenoxy) is 3. The van der Waals surface area contributed by atoms with E-state index in [1.807, 2.05) is 6.07 Å². The topological polar surface area (TPSA) is 133 Å². The fourth-order valence-corrected chi connectivity index (χ4v) is 8.27. The maximum atomic E-state index is 14.0. The number of nitrogens with one attached hydrogen (secondary N) is 3. The second-order valence-electron chi connectivity index (χ2n) is 13.5. The third kappa shape index (κ3) is 3.95. The lowest BCUT2D eigenvalue weighted by Gasteiger charge is -2.48. The van der Waals surface area contributed by atoms with Gasteiger partial charge in [-0.05, 0) is 73.4 Å². The van der Waals surface area contributed by atoms with E-state index in [2.05, 4.69) is 29.7 Å². The summed E-state index contributed by atoms with van der Waals surface area (Å²) in [4.78, 5) is 29.5. The second-order valence-corrected chi connectivity index (χ2v) is 13.5. The number of fused-ring (bicyclic) bond motifs is 4. The first-order chi connectivity index (χ1) is 20.7. The first kappa shape index (κ1) is 27.0. The molecule has 226 valence electrons. The zero-order chi connectivity index (χ0) is 29.7. The van der Waals surface area contributed by atoms with Crippen molar-refractivity contribution >= 4 is 17.8 Å². The van der Waals surface area contributed by atoms with Gasteiger partial charge < -0.3 is 30.0 Å². The van der Waals surface area contributed by atoms with Crippen molar-refractivity contribution in [2.24, 2.45) is 11.8 Å². The van der Waals surface area contributed by atoms with Gasteiger partial charge >= 0.3 is 0 Å². The van der Waals surface area contributed by atoms with Crippen LogP contribution in [0, 0.1) is 17.2 Å². The third-order valence-electron chi connectivity index (χ3n) is 11.0. The molecule has 6 bridgehead atoms. The van der Waals surface area contributed by atoms with Crippen LogP contribution in [0.3, 0.4) is 0 Å². The molecule has 1 saturated heterocycles. The van der Waals surface area contributed by atoms with E-state index in [1.165, 1.54) is 5.56 Å². The molecule has 0 aromatic heterocycles. The monoisotopic (exact) mass is 586 g/mol. The Kier molecular flexibility index (Phi) is 5.76. The van der Waals surface area contributed by atoms with Crippen LogP contribution in [-0.2, 0) is 15.1 Å². The van der Waals surface area contributed by atoms with Gasteiger partial charge in [0.2, 0.25) is 5.91 Å². The molecule has 2 aromatic rings. The normalized spacial score (nSPS) is 37.0. The third-order valence-corrected chi connectivity index (χ3v) is 11.0. The van der Waals surface area contributed by atoms with Gasteiger partial charge in [0.05, 0.1) is 25.7 Å². The number of carbonyl (C=O) groups is 2. The van der Waals surface area contributed by atoms with Crippen LogP contribution in [0.25, 0.3) is 0 Å². The molecule has 3 fully saturated rings. The van der Waals surface area contributed by atoms with Crippen molar-refractivity contribution in [1.29, 1.82) is 5.41 Å². The number of carbonyl (C=O) groups excluding carboxylic acids is 2. The van der Waals surface area contributed by atoms with Crippen LogP contribution in [0.5, 0.6) is 11.5 Å². The average molecular weight is 587 g/mol. The van der Waals surface area contributed by atoms with Gasteiger partial charge in [0.1, 0.15) is 29.2 Å². The Morgan fingerprint density at radius 2 is 1.98 bits per heavy atom. The summed E-state index contributed by atoms with van der Waals surface area (Å²) in [5.41, 5.74) is 0.520. The van der Waals surface area contributed by atoms with Crippen molar-refractivity contribution in [1.82, 2.24) is 15.5 Å². The van der Waals surface area contributed by atoms with E-state index < -0.39 is 22.7 Å². The second kappa shape index (κ2) is 9.19. The summed E-state index contributed by atoms with van der Waals surface area (Å²) in [5.74, 6) is 1.57. The number of aliphatic hydroxyl groups is 1. The highest BCUT2D eigenvalue weighted by molar-refractivity contribution is 6.00. The molecule has 7 atom stereocenters. The summed E-state index contributed by atoms with van der Waals surface area (Å²) in [6.45, 7) is 2.86. The van der Waals surface area contributed by atoms with Gasteiger partial charge in [0.15, 0.2) is 5.96 Å². The summed E-state index contributed by atoms with van der Waals surface area (Å²) in [5, 5.41) is 27.3. The number of amides is 2. The molecule has 1 spiro atoms. The van der Waals surface area contributed by atoms with Crippen molar-refractivity contribution in [3.8, 4) is 11.5 Å². The van der Waals surface area contributed by atoms with Crippen molar-refractivity contribution in [2.45, 2.75) is 74.1 Å².